The van der Waals surface area contributed by atoms with E-state index in [0.29, 0.717) is 16.8 Å². The van der Waals surface area contributed by atoms with Gasteiger partial charge in [-0.25, -0.2) is 4.98 Å². The van der Waals surface area contributed by atoms with Crippen molar-refractivity contribution in [3.63, 3.8) is 0 Å². The van der Waals surface area contributed by atoms with Crippen LogP contribution < -0.4 is 16.4 Å². The molecule has 1 aliphatic heterocycles. The van der Waals surface area contributed by atoms with Crippen molar-refractivity contribution >= 4 is 35.0 Å². The number of likely N-dealkylation sites (N-methyl/N-ethyl adjacent to an activating group) is 1. The molecule has 2 atom stereocenters. The number of carbonyl (C=O) groups excluding carboxylic acids is 1. The van der Waals surface area contributed by atoms with E-state index in [1.165, 1.54) is 11.1 Å². The summed E-state index contributed by atoms with van der Waals surface area (Å²) in [7, 11) is 0. The van der Waals surface area contributed by atoms with Gasteiger partial charge in [-0.2, -0.15) is 4.98 Å². The third kappa shape index (κ3) is 4.68. The normalized spacial score (nSPS) is 21.7. The zero-order chi connectivity index (χ0) is 21.1. The largest absolute Gasteiger partial charge is 0.369 e. The van der Waals surface area contributed by atoms with Gasteiger partial charge < -0.3 is 21.3 Å². The van der Waals surface area contributed by atoms with Gasteiger partial charge >= 0.3 is 0 Å². The number of amides is 1. The quantitative estimate of drug-likeness (QED) is 0.652. The second kappa shape index (κ2) is 9.18. The average molecular weight is 429 g/mol. The highest BCUT2D eigenvalue weighted by molar-refractivity contribution is 6.32. The smallest absolute Gasteiger partial charge is 0.229 e. The zero-order valence-electron chi connectivity index (χ0n) is 17.3. The van der Waals surface area contributed by atoms with Crippen LogP contribution in [0.1, 0.15) is 37.3 Å². The van der Waals surface area contributed by atoms with E-state index < -0.39 is 0 Å². The molecule has 0 unspecified atom stereocenters. The van der Waals surface area contributed by atoms with Gasteiger partial charge in [0, 0.05) is 24.8 Å². The lowest BCUT2D eigenvalue weighted by Crippen LogP contribution is -2.34. The summed E-state index contributed by atoms with van der Waals surface area (Å²) in [6, 6.07) is 6.42. The molecule has 1 aromatic heterocycles. The van der Waals surface area contributed by atoms with Crippen LogP contribution >= 0.6 is 11.6 Å². The standard InChI is InChI=1S/C22H29ClN6O/c1-2-29-10-8-14-6-7-16(12-15(14)9-11-29)26-22-25-13-18(23)21(28-22)27-19-5-3-4-17(19)20(24)30/h6-7,12-13,17,19H,2-5,8-11H2,1H3,(H2,24,30)(H2,25,26,27,28)/t17-,19+/m0/s1. The number of anilines is 3. The molecule has 0 spiro atoms. The van der Waals surface area contributed by atoms with Crippen LogP contribution in [0.3, 0.4) is 0 Å². The number of nitrogens with one attached hydrogen (secondary N) is 2. The van der Waals surface area contributed by atoms with Crippen LogP contribution in [0.25, 0.3) is 0 Å². The fourth-order valence-electron chi connectivity index (χ4n) is 4.47. The van der Waals surface area contributed by atoms with Gasteiger partial charge in [-0.3, -0.25) is 4.79 Å². The van der Waals surface area contributed by atoms with E-state index in [-0.39, 0.29) is 17.9 Å². The van der Waals surface area contributed by atoms with Crippen molar-refractivity contribution in [1.82, 2.24) is 14.9 Å². The molecular formula is C22H29ClN6O. The van der Waals surface area contributed by atoms with Crippen LogP contribution in [-0.2, 0) is 17.6 Å². The van der Waals surface area contributed by atoms with Gasteiger partial charge in [0.1, 0.15) is 5.02 Å². The molecule has 2 aliphatic rings. The molecule has 1 aliphatic carbocycles. The Morgan fingerprint density at radius 1 is 1.27 bits per heavy atom. The first kappa shape index (κ1) is 20.9. The summed E-state index contributed by atoms with van der Waals surface area (Å²) in [5.74, 6) is 0.528. The van der Waals surface area contributed by atoms with Gasteiger partial charge in [0.2, 0.25) is 11.9 Å². The average Bonchev–Trinajstić information content (AvgIpc) is 3.10. The maximum atomic E-state index is 11.7. The monoisotopic (exact) mass is 428 g/mol. The maximum absolute atomic E-state index is 11.7. The number of benzene rings is 1. The van der Waals surface area contributed by atoms with Gasteiger partial charge in [0.15, 0.2) is 5.82 Å². The number of nitrogens with zero attached hydrogens (tertiary/aromatic N) is 3. The lowest BCUT2D eigenvalue weighted by Gasteiger charge is -2.20. The minimum absolute atomic E-state index is 0.0447. The molecule has 0 radical (unpaired) electrons. The van der Waals surface area contributed by atoms with E-state index >= 15 is 0 Å². The predicted molar refractivity (Wildman–Crippen MR) is 120 cm³/mol. The summed E-state index contributed by atoms with van der Waals surface area (Å²) in [6.45, 7) is 5.49. The van der Waals surface area contributed by atoms with Crippen LogP contribution in [-0.4, -0.2) is 46.5 Å². The first-order chi connectivity index (χ1) is 14.5. The fourth-order valence-corrected chi connectivity index (χ4v) is 4.62. The Bertz CT molecular complexity index is 920. The highest BCUT2D eigenvalue weighted by Crippen LogP contribution is 2.31. The molecule has 4 N–H and O–H groups in total. The number of fused-ring (bicyclic) bond motifs is 1. The molecule has 4 rings (SSSR count). The summed E-state index contributed by atoms with van der Waals surface area (Å²) in [5.41, 5.74) is 9.28. The molecule has 0 bridgehead atoms. The zero-order valence-corrected chi connectivity index (χ0v) is 18.1. The maximum Gasteiger partial charge on any atom is 0.229 e. The molecule has 8 heteroatoms. The molecule has 0 saturated heterocycles. The highest BCUT2D eigenvalue weighted by Gasteiger charge is 2.32. The number of carbonyl (C=O) groups is 1. The van der Waals surface area contributed by atoms with Crippen molar-refractivity contribution in [2.24, 2.45) is 11.7 Å². The first-order valence-electron chi connectivity index (χ1n) is 10.7. The molecule has 2 aromatic rings. The van der Waals surface area contributed by atoms with Crippen molar-refractivity contribution in [3.05, 3.63) is 40.5 Å². The predicted octanol–water partition coefficient (Wildman–Crippen LogP) is 3.36. The number of rotatable bonds is 6. The second-order valence-corrected chi connectivity index (χ2v) is 8.53. The molecule has 1 fully saturated rings. The van der Waals surface area contributed by atoms with E-state index in [1.807, 2.05) is 0 Å². The Morgan fingerprint density at radius 3 is 2.83 bits per heavy atom. The summed E-state index contributed by atoms with van der Waals surface area (Å²) >= 11 is 6.31. The van der Waals surface area contributed by atoms with Crippen LogP contribution in [0.5, 0.6) is 0 Å². The van der Waals surface area contributed by atoms with E-state index in [2.05, 4.69) is 50.6 Å². The Morgan fingerprint density at radius 2 is 2.07 bits per heavy atom. The van der Waals surface area contributed by atoms with Crippen molar-refractivity contribution in [2.75, 3.05) is 30.3 Å². The Labute approximate surface area is 182 Å². The minimum Gasteiger partial charge on any atom is -0.369 e. The molecule has 1 amide bonds. The molecule has 30 heavy (non-hydrogen) atoms. The molecule has 1 aromatic carbocycles. The third-order valence-corrected chi connectivity index (χ3v) is 6.53. The summed E-state index contributed by atoms with van der Waals surface area (Å²) < 4.78 is 0. The Kier molecular flexibility index (Phi) is 6.39. The van der Waals surface area contributed by atoms with E-state index in [0.717, 1.165) is 57.4 Å². The van der Waals surface area contributed by atoms with Crippen molar-refractivity contribution in [3.8, 4) is 0 Å². The Balaban J connectivity index is 1.49. The fraction of sp³-hybridized carbons (Fsp3) is 0.500. The summed E-state index contributed by atoms with van der Waals surface area (Å²) in [6.07, 6.45) is 6.34. The third-order valence-electron chi connectivity index (χ3n) is 6.25. The van der Waals surface area contributed by atoms with Crippen LogP contribution in [0.15, 0.2) is 24.4 Å². The lowest BCUT2D eigenvalue weighted by molar-refractivity contribution is -0.121. The Hall–Kier alpha value is -2.38. The second-order valence-electron chi connectivity index (χ2n) is 8.12. The number of primary amides is 1. The summed E-state index contributed by atoms with van der Waals surface area (Å²) in [5, 5.41) is 7.03. The van der Waals surface area contributed by atoms with Gasteiger partial charge in [-0.05, 0) is 55.5 Å². The number of halogens is 1. The molecule has 1 saturated carbocycles. The number of aromatic nitrogens is 2. The van der Waals surface area contributed by atoms with E-state index in [4.69, 9.17) is 17.3 Å². The highest BCUT2D eigenvalue weighted by atomic mass is 35.5. The van der Waals surface area contributed by atoms with Gasteiger partial charge in [-0.15, -0.1) is 0 Å². The topological polar surface area (TPSA) is 96.2 Å². The van der Waals surface area contributed by atoms with Crippen LogP contribution in [0.4, 0.5) is 17.5 Å². The van der Waals surface area contributed by atoms with E-state index in [9.17, 15) is 4.79 Å². The van der Waals surface area contributed by atoms with Crippen LogP contribution in [0, 0.1) is 5.92 Å². The summed E-state index contributed by atoms with van der Waals surface area (Å²) in [4.78, 5) is 23.0. The number of hydrogen-bond acceptors (Lipinski definition) is 6. The number of hydrogen-bond donors (Lipinski definition) is 3. The molecule has 2 heterocycles. The first-order valence-corrected chi connectivity index (χ1v) is 11.1. The van der Waals surface area contributed by atoms with Gasteiger partial charge in [0.05, 0.1) is 12.1 Å². The number of nitrogens with two attached hydrogens (primary N) is 1. The van der Waals surface area contributed by atoms with Crippen molar-refractivity contribution in [2.45, 2.75) is 45.1 Å². The van der Waals surface area contributed by atoms with Crippen molar-refractivity contribution < 1.29 is 4.79 Å². The lowest BCUT2D eigenvalue weighted by atomic mass is 10.0. The molecular weight excluding hydrogens is 400 g/mol. The van der Waals surface area contributed by atoms with Crippen molar-refractivity contribution in [1.29, 1.82) is 0 Å². The SMILES string of the molecule is CCN1CCc2ccc(Nc3ncc(Cl)c(N[C@@H]4CCC[C@@H]4C(N)=O)n3)cc2CC1. The van der Waals surface area contributed by atoms with E-state index in [1.54, 1.807) is 6.20 Å². The molecule has 7 nitrogen and oxygen atoms in total. The van der Waals surface area contributed by atoms with Gasteiger partial charge in [-0.1, -0.05) is 31.0 Å². The van der Waals surface area contributed by atoms with Gasteiger partial charge in [0.25, 0.3) is 0 Å². The molecule has 160 valence electrons. The van der Waals surface area contributed by atoms with Crippen LogP contribution in [0.2, 0.25) is 5.02 Å². The minimum atomic E-state index is -0.278.